The lowest BCUT2D eigenvalue weighted by atomic mass is 9.89. The standard InChI is InChI=1S/C13H15IN2O4/c1-2-20-10-5-8(6-10)15-13(17)11-7-9(16(18)19)3-4-12(11)14/h3-4,7-8,10H,2,5-6H2,1H3,(H,15,17). The lowest BCUT2D eigenvalue weighted by Gasteiger charge is -2.35. The highest BCUT2D eigenvalue weighted by Gasteiger charge is 2.31. The summed E-state index contributed by atoms with van der Waals surface area (Å²) in [5, 5.41) is 13.6. The molecule has 0 atom stereocenters. The van der Waals surface area contributed by atoms with E-state index < -0.39 is 4.92 Å². The predicted octanol–water partition coefficient (Wildman–Crippen LogP) is 2.50. The number of amides is 1. The zero-order valence-electron chi connectivity index (χ0n) is 11.0. The maximum Gasteiger partial charge on any atom is 0.270 e. The van der Waals surface area contributed by atoms with Gasteiger partial charge in [-0.05, 0) is 48.4 Å². The van der Waals surface area contributed by atoms with Crippen LogP contribution in [0.2, 0.25) is 0 Å². The molecule has 1 aromatic carbocycles. The van der Waals surface area contributed by atoms with E-state index in [2.05, 4.69) is 5.32 Å². The Kier molecular flexibility index (Phi) is 4.92. The zero-order chi connectivity index (χ0) is 14.7. The topological polar surface area (TPSA) is 81.5 Å². The van der Waals surface area contributed by atoms with Crippen LogP contribution in [-0.2, 0) is 4.74 Å². The molecule has 1 amide bonds. The van der Waals surface area contributed by atoms with E-state index in [0.717, 1.165) is 12.8 Å². The molecule has 1 aromatic rings. The molecular formula is C13H15IN2O4. The Hall–Kier alpha value is -1.22. The second kappa shape index (κ2) is 6.49. The Morgan fingerprint density at radius 2 is 2.25 bits per heavy atom. The third-order valence-corrected chi connectivity index (χ3v) is 4.18. The molecule has 0 heterocycles. The van der Waals surface area contributed by atoms with Crippen molar-refractivity contribution in [3.05, 3.63) is 37.4 Å². The van der Waals surface area contributed by atoms with Gasteiger partial charge in [-0.25, -0.2) is 0 Å². The maximum absolute atomic E-state index is 12.1. The number of halogens is 1. The second-order valence-corrected chi connectivity index (χ2v) is 5.80. The molecule has 1 aliphatic carbocycles. The van der Waals surface area contributed by atoms with Gasteiger partial charge in [0.2, 0.25) is 0 Å². The van der Waals surface area contributed by atoms with Crippen molar-refractivity contribution in [2.45, 2.75) is 31.9 Å². The Labute approximate surface area is 130 Å². The van der Waals surface area contributed by atoms with Crippen LogP contribution in [0.25, 0.3) is 0 Å². The number of ether oxygens (including phenoxy) is 1. The molecule has 20 heavy (non-hydrogen) atoms. The van der Waals surface area contributed by atoms with E-state index in [4.69, 9.17) is 4.74 Å². The highest BCUT2D eigenvalue weighted by molar-refractivity contribution is 14.1. The Morgan fingerprint density at radius 3 is 2.85 bits per heavy atom. The minimum atomic E-state index is -0.499. The molecule has 0 spiro atoms. The summed E-state index contributed by atoms with van der Waals surface area (Å²) in [5.41, 5.74) is 0.274. The molecule has 1 saturated carbocycles. The first-order chi connectivity index (χ1) is 9.51. The first-order valence-electron chi connectivity index (χ1n) is 6.37. The van der Waals surface area contributed by atoms with Gasteiger partial charge in [0.25, 0.3) is 11.6 Å². The number of rotatable bonds is 5. The molecule has 108 valence electrons. The zero-order valence-corrected chi connectivity index (χ0v) is 13.1. The fourth-order valence-electron chi connectivity index (χ4n) is 2.12. The number of benzene rings is 1. The largest absolute Gasteiger partial charge is 0.378 e. The van der Waals surface area contributed by atoms with Gasteiger partial charge >= 0.3 is 0 Å². The van der Waals surface area contributed by atoms with Crippen LogP contribution in [0.1, 0.15) is 30.1 Å². The van der Waals surface area contributed by atoms with Gasteiger partial charge in [-0.3, -0.25) is 14.9 Å². The van der Waals surface area contributed by atoms with Crippen LogP contribution in [0.15, 0.2) is 18.2 Å². The third kappa shape index (κ3) is 3.45. The Morgan fingerprint density at radius 1 is 1.55 bits per heavy atom. The first-order valence-corrected chi connectivity index (χ1v) is 7.45. The molecule has 0 aromatic heterocycles. The number of carbonyl (C=O) groups is 1. The van der Waals surface area contributed by atoms with E-state index in [-0.39, 0.29) is 23.7 Å². The molecule has 0 bridgehead atoms. The number of hydrogen-bond donors (Lipinski definition) is 1. The smallest absolute Gasteiger partial charge is 0.270 e. The summed E-state index contributed by atoms with van der Waals surface area (Å²) in [4.78, 5) is 22.4. The lowest BCUT2D eigenvalue weighted by Crippen LogP contribution is -2.47. The summed E-state index contributed by atoms with van der Waals surface area (Å²) in [6.45, 7) is 2.62. The van der Waals surface area contributed by atoms with Gasteiger partial charge in [-0.1, -0.05) is 0 Å². The van der Waals surface area contributed by atoms with Gasteiger partial charge in [0.1, 0.15) is 0 Å². The van der Waals surface area contributed by atoms with Gasteiger partial charge in [0.15, 0.2) is 0 Å². The number of nitro benzene ring substituents is 1. The van der Waals surface area contributed by atoms with E-state index in [9.17, 15) is 14.9 Å². The number of non-ortho nitro benzene ring substituents is 1. The van der Waals surface area contributed by atoms with Gasteiger partial charge in [-0.2, -0.15) is 0 Å². The summed E-state index contributed by atoms with van der Waals surface area (Å²) >= 11 is 2.00. The minimum absolute atomic E-state index is 0.0728. The monoisotopic (exact) mass is 390 g/mol. The second-order valence-electron chi connectivity index (χ2n) is 4.64. The maximum atomic E-state index is 12.1. The SMILES string of the molecule is CCOC1CC(NC(=O)c2cc([N+](=O)[O-])ccc2I)C1. The molecular weight excluding hydrogens is 375 g/mol. The lowest BCUT2D eigenvalue weighted by molar-refractivity contribution is -0.384. The first kappa shape index (κ1) is 15.2. The molecule has 1 fully saturated rings. The normalized spacial score (nSPS) is 21.1. The van der Waals surface area contributed by atoms with Crippen molar-refractivity contribution in [2.24, 2.45) is 0 Å². The highest BCUT2D eigenvalue weighted by Crippen LogP contribution is 2.25. The van der Waals surface area contributed by atoms with Crippen LogP contribution >= 0.6 is 22.6 Å². The number of nitrogens with one attached hydrogen (secondary N) is 1. The van der Waals surface area contributed by atoms with Crippen LogP contribution in [0, 0.1) is 13.7 Å². The van der Waals surface area contributed by atoms with Crippen molar-refractivity contribution in [3.63, 3.8) is 0 Å². The van der Waals surface area contributed by atoms with E-state index in [0.29, 0.717) is 15.7 Å². The fraction of sp³-hybridized carbons (Fsp3) is 0.462. The van der Waals surface area contributed by atoms with Gasteiger partial charge < -0.3 is 10.1 Å². The number of hydrogen-bond acceptors (Lipinski definition) is 4. The summed E-state index contributed by atoms with van der Waals surface area (Å²) < 4.78 is 6.13. The van der Waals surface area contributed by atoms with Crippen LogP contribution < -0.4 is 5.32 Å². The summed E-state index contributed by atoms with van der Waals surface area (Å²) in [6, 6.07) is 4.38. The van der Waals surface area contributed by atoms with Crippen molar-refractivity contribution < 1.29 is 14.5 Å². The van der Waals surface area contributed by atoms with E-state index in [1.165, 1.54) is 12.1 Å². The van der Waals surface area contributed by atoms with Crippen molar-refractivity contribution >= 4 is 34.2 Å². The average Bonchev–Trinajstić information content (AvgIpc) is 2.36. The number of nitrogens with zero attached hydrogens (tertiary/aromatic N) is 1. The molecule has 0 radical (unpaired) electrons. The number of nitro groups is 1. The van der Waals surface area contributed by atoms with E-state index in [1.807, 2.05) is 29.5 Å². The average molecular weight is 390 g/mol. The van der Waals surface area contributed by atoms with E-state index in [1.54, 1.807) is 6.07 Å². The third-order valence-electron chi connectivity index (χ3n) is 3.24. The predicted molar refractivity (Wildman–Crippen MR) is 81.7 cm³/mol. The molecule has 7 heteroatoms. The molecule has 0 unspecified atom stereocenters. The van der Waals surface area contributed by atoms with Crippen molar-refractivity contribution in [1.29, 1.82) is 0 Å². The van der Waals surface area contributed by atoms with Gasteiger partial charge in [-0.15, -0.1) is 0 Å². The summed E-state index contributed by atoms with van der Waals surface area (Å²) in [6.07, 6.45) is 1.81. The Bertz CT molecular complexity index is 529. The van der Waals surface area contributed by atoms with Crippen LogP contribution in [-0.4, -0.2) is 29.6 Å². The Balaban J connectivity index is 1.99. The summed E-state index contributed by atoms with van der Waals surface area (Å²) in [7, 11) is 0. The molecule has 2 rings (SSSR count). The molecule has 6 nitrogen and oxygen atoms in total. The van der Waals surface area contributed by atoms with Gasteiger partial charge in [0.05, 0.1) is 16.6 Å². The summed E-state index contributed by atoms with van der Waals surface area (Å²) in [5.74, 6) is -0.266. The quantitative estimate of drug-likeness (QED) is 0.476. The van der Waals surface area contributed by atoms with Crippen LogP contribution in [0.5, 0.6) is 0 Å². The van der Waals surface area contributed by atoms with Crippen molar-refractivity contribution in [1.82, 2.24) is 5.32 Å². The van der Waals surface area contributed by atoms with Gasteiger partial charge in [0, 0.05) is 28.4 Å². The van der Waals surface area contributed by atoms with Crippen molar-refractivity contribution in [3.8, 4) is 0 Å². The molecule has 1 aliphatic rings. The van der Waals surface area contributed by atoms with Crippen LogP contribution in [0.3, 0.4) is 0 Å². The number of carbonyl (C=O) groups excluding carboxylic acids is 1. The molecule has 1 N–H and O–H groups in total. The minimum Gasteiger partial charge on any atom is -0.378 e. The molecule has 0 aliphatic heterocycles. The van der Waals surface area contributed by atoms with E-state index >= 15 is 0 Å². The highest BCUT2D eigenvalue weighted by atomic mass is 127. The van der Waals surface area contributed by atoms with Crippen LogP contribution in [0.4, 0.5) is 5.69 Å². The van der Waals surface area contributed by atoms with Crippen molar-refractivity contribution in [2.75, 3.05) is 6.61 Å². The fourth-order valence-corrected chi connectivity index (χ4v) is 2.70. The molecule has 0 saturated heterocycles.